The Kier molecular flexibility index (Phi) is 2.32. The lowest BCUT2D eigenvalue weighted by Crippen LogP contribution is -1.88. The molecule has 1 heterocycles. The lowest BCUT2D eigenvalue weighted by Gasteiger charge is -1.94. The van der Waals surface area contributed by atoms with Crippen LogP contribution < -0.4 is 0 Å². The topological polar surface area (TPSA) is 12.9 Å². The average Bonchev–Trinajstić information content (AvgIpc) is 2.33. The fourth-order valence-corrected chi connectivity index (χ4v) is 1.44. The standard InChI is InChI=1S/C6H7F2NS/c1-2-4-5(6(7)8)9-3-10-4/h3,6H,2H2,1H3. The molecule has 0 aliphatic rings. The molecule has 0 fully saturated rings. The molecular formula is C6H7F2NS. The first kappa shape index (κ1) is 7.60. The van der Waals surface area contributed by atoms with E-state index in [2.05, 4.69) is 4.98 Å². The van der Waals surface area contributed by atoms with Crippen LogP contribution in [0.5, 0.6) is 0 Å². The van der Waals surface area contributed by atoms with Gasteiger partial charge in [0.25, 0.3) is 6.43 Å². The highest BCUT2D eigenvalue weighted by molar-refractivity contribution is 7.09. The smallest absolute Gasteiger partial charge is 0.243 e. The minimum Gasteiger partial charge on any atom is -0.243 e. The van der Waals surface area contributed by atoms with E-state index in [9.17, 15) is 8.78 Å². The van der Waals surface area contributed by atoms with Crippen LogP contribution in [0.4, 0.5) is 8.78 Å². The third-order valence-electron chi connectivity index (χ3n) is 1.20. The summed E-state index contributed by atoms with van der Waals surface area (Å²) in [4.78, 5) is 4.24. The first-order chi connectivity index (χ1) is 4.75. The van der Waals surface area contributed by atoms with Gasteiger partial charge in [-0.2, -0.15) is 0 Å². The van der Waals surface area contributed by atoms with Crippen LogP contribution in [0.1, 0.15) is 23.9 Å². The molecule has 0 spiro atoms. The maximum atomic E-state index is 12.0. The zero-order valence-corrected chi connectivity index (χ0v) is 6.29. The maximum absolute atomic E-state index is 12.0. The van der Waals surface area contributed by atoms with E-state index in [4.69, 9.17) is 0 Å². The summed E-state index contributed by atoms with van der Waals surface area (Å²) < 4.78 is 24.0. The van der Waals surface area contributed by atoms with Crippen LogP contribution in [0, 0.1) is 0 Å². The monoisotopic (exact) mass is 163 g/mol. The molecule has 0 saturated carbocycles. The van der Waals surface area contributed by atoms with Crippen LogP contribution in [0.15, 0.2) is 5.51 Å². The molecular weight excluding hydrogens is 156 g/mol. The highest BCUT2D eigenvalue weighted by Crippen LogP contribution is 2.24. The summed E-state index contributed by atoms with van der Waals surface area (Å²) in [6.45, 7) is 1.85. The Labute approximate surface area is 61.7 Å². The Morgan fingerprint density at radius 3 is 2.80 bits per heavy atom. The van der Waals surface area contributed by atoms with E-state index in [1.165, 1.54) is 16.8 Å². The molecule has 0 amide bonds. The number of hydrogen-bond acceptors (Lipinski definition) is 2. The Morgan fingerprint density at radius 2 is 2.40 bits per heavy atom. The van der Waals surface area contributed by atoms with Crippen molar-refractivity contribution in [2.45, 2.75) is 19.8 Å². The molecule has 4 heteroatoms. The summed E-state index contributed by atoms with van der Waals surface area (Å²) >= 11 is 1.29. The van der Waals surface area contributed by atoms with Gasteiger partial charge in [0.2, 0.25) is 0 Å². The molecule has 1 aromatic rings. The fraction of sp³-hybridized carbons (Fsp3) is 0.500. The summed E-state index contributed by atoms with van der Waals surface area (Å²) in [5.74, 6) is 0. The van der Waals surface area contributed by atoms with Crippen molar-refractivity contribution in [3.8, 4) is 0 Å². The molecule has 0 aliphatic heterocycles. The lowest BCUT2D eigenvalue weighted by molar-refractivity contribution is 0.146. The van der Waals surface area contributed by atoms with Gasteiger partial charge in [-0.05, 0) is 6.42 Å². The molecule has 0 aliphatic carbocycles. The number of hydrogen-bond donors (Lipinski definition) is 0. The van der Waals surface area contributed by atoms with Gasteiger partial charge in [-0.15, -0.1) is 11.3 Å². The highest BCUT2D eigenvalue weighted by atomic mass is 32.1. The largest absolute Gasteiger partial charge is 0.281 e. The normalized spacial score (nSPS) is 10.8. The fourth-order valence-electron chi connectivity index (χ4n) is 0.722. The zero-order chi connectivity index (χ0) is 7.56. The molecule has 0 unspecified atom stereocenters. The predicted octanol–water partition coefficient (Wildman–Crippen LogP) is 2.64. The van der Waals surface area contributed by atoms with Crippen LogP contribution in [-0.2, 0) is 6.42 Å². The van der Waals surface area contributed by atoms with E-state index in [1.807, 2.05) is 6.92 Å². The van der Waals surface area contributed by atoms with Gasteiger partial charge in [0, 0.05) is 4.88 Å². The quantitative estimate of drug-likeness (QED) is 0.653. The summed E-state index contributed by atoms with van der Waals surface area (Å²) in [6.07, 6.45) is -1.77. The molecule has 0 atom stereocenters. The average molecular weight is 163 g/mol. The highest BCUT2D eigenvalue weighted by Gasteiger charge is 2.13. The van der Waals surface area contributed by atoms with Crippen LogP contribution in [0.3, 0.4) is 0 Å². The number of aromatic nitrogens is 1. The van der Waals surface area contributed by atoms with Gasteiger partial charge in [0.1, 0.15) is 5.69 Å². The van der Waals surface area contributed by atoms with E-state index in [0.717, 1.165) is 0 Å². The van der Waals surface area contributed by atoms with Crippen molar-refractivity contribution in [1.29, 1.82) is 0 Å². The summed E-state index contributed by atoms with van der Waals surface area (Å²) in [6, 6.07) is 0. The second-order valence-electron chi connectivity index (χ2n) is 1.82. The van der Waals surface area contributed by atoms with E-state index in [-0.39, 0.29) is 5.69 Å². The predicted molar refractivity (Wildman–Crippen MR) is 36.4 cm³/mol. The molecule has 0 bridgehead atoms. The minimum absolute atomic E-state index is 0.0486. The third-order valence-corrected chi connectivity index (χ3v) is 2.19. The Morgan fingerprint density at radius 1 is 1.70 bits per heavy atom. The van der Waals surface area contributed by atoms with E-state index in [0.29, 0.717) is 11.3 Å². The Hall–Kier alpha value is -0.510. The number of nitrogens with zero attached hydrogens (tertiary/aromatic N) is 1. The van der Waals surface area contributed by atoms with Crippen molar-refractivity contribution < 1.29 is 8.78 Å². The molecule has 1 aromatic heterocycles. The van der Waals surface area contributed by atoms with Gasteiger partial charge in [-0.25, -0.2) is 13.8 Å². The van der Waals surface area contributed by atoms with Crippen molar-refractivity contribution >= 4 is 11.3 Å². The Bertz CT molecular complexity index is 209. The van der Waals surface area contributed by atoms with Crippen molar-refractivity contribution in [3.05, 3.63) is 16.1 Å². The van der Waals surface area contributed by atoms with Crippen molar-refractivity contribution in [2.24, 2.45) is 0 Å². The summed E-state index contributed by atoms with van der Waals surface area (Å²) in [5.41, 5.74) is 1.41. The SMILES string of the molecule is CCc1scnc1C(F)F. The number of halogens is 2. The molecule has 1 rings (SSSR count). The number of rotatable bonds is 2. The molecule has 1 nitrogen and oxygen atoms in total. The van der Waals surface area contributed by atoms with Gasteiger partial charge in [-0.1, -0.05) is 6.92 Å². The Balaban J connectivity index is 2.90. The second-order valence-corrected chi connectivity index (χ2v) is 2.75. The molecule has 0 saturated heterocycles. The lowest BCUT2D eigenvalue weighted by atomic mass is 10.3. The van der Waals surface area contributed by atoms with Crippen LogP contribution >= 0.6 is 11.3 Å². The van der Waals surface area contributed by atoms with Crippen molar-refractivity contribution in [2.75, 3.05) is 0 Å². The molecule has 10 heavy (non-hydrogen) atoms. The maximum Gasteiger partial charge on any atom is 0.281 e. The molecule has 0 radical (unpaired) electrons. The van der Waals surface area contributed by atoms with E-state index >= 15 is 0 Å². The number of thiazole rings is 1. The molecule has 0 N–H and O–H groups in total. The first-order valence-corrected chi connectivity index (χ1v) is 3.84. The molecule has 56 valence electrons. The third kappa shape index (κ3) is 1.31. The first-order valence-electron chi connectivity index (χ1n) is 2.96. The van der Waals surface area contributed by atoms with Crippen molar-refractivity contribution in [3.63, 3.8) is 0 Å². The number of alkyl halides is 2. The molecule has 0 aromatic carbocycles. The summed E-state index contributed by atoms with van der Waals surface area (Å²) in [5, 5.41) is 0. The zero-order valence-electron chi connectivity index (χ0n) is 5.47. The van der Waals surface area contributed by atoms with Gasteiger partial charge >= 0.3 is 0 Å². The van der Waals surface area contributed by atoms with Gasteiger partial charge in [-0.3, -0.25) is 0 Å². The van der Waals surface area contributed by atoms with E-state index in [1.54, 1.807) is 0 Å². The van der Waals surface area contributed by atoms with Gasteiger partial charge in [0.15, 0.2) is 0 Å². The van der Waals surface area contributed by atoms with Gasteiger partial charge < -0.3 is 0 Å². The van der Waals surface area contributed by atoms with Crippen LogP contribution in [-0.4, -0.2) is 4.98 Å². The summed E-state index contributed by atoms with van der Waals surface area (Å²) in [7, 11) is 0. The minimum atomic E-state index is -2.42. The number of aryl methyl sites for hydroxylation is 1. The van der Waals surface area contributed by atoms with Crippen molar-refractivity contribution in [1.82, 2.24) is 4.98 Å². The van der Waals surface area contributed by atoms with E-state index < -0.39 is 6.43 Å². The second kappa shape index (κ2) is 3.05. The van der Waals surface area contributed by atoms with Gasteiger partial charge in [0.05, 0.1) is 5.51 Å². The van der Waals surface area contributed by atoms with Crippen LogP contribution in [0.2, 0.25) is 0 Å². The van der Waals surface area contributed by atoms with Crippen LogP contribution in [0.25, 0.3) is 0 Å².